The third-order valence-electron chi connectivity index (χ3n) is 3.84. The van der Waals surface area contributed by atoms with Gasteiger partial charge in [0.05, 0.1) is 24.3 Å². The predicted octanol–water partition coefficient (Wildman–Crippen LogP) is 2.73. The summed E-state index contributed by atoms with van der Waals surface area (Å²) in [6, 6.07) is 14.9. The summed E-state index contributed by atoms with van der Waals surface area (Å²) in [6.07, 6.45) is 0.0956. The van der Waals surface area contributed by atoms with E-state index in [1.54, 1.807) is 48.5 Å². The highest BCUT2D eigenvalue weighted by Crippen LogP contribution is 2.17. The van der Waals surface area contributed by atoms with E-state index in [9.17, 15) is 14.4 Å². The smallest absolute Gasteiger partial charge is 0.337 e. The van der Waals surface area contributed by atoms with Gasteiger partial charge in [0.25, 0.3) is 0 Å². The van der Waals surface area contributed by atoms with Gasteiger partial charge in [-0.15, -0.1) is 0 Å². The second-order valence-electron chi connectivity index (χ2n) is 5.70. The Morgan fingerprint density at radius 2 is 1.70 bits per heavy atom. The summed E-state index contributed by atoms with van der Waals surface area (Å²) in [5.74, 6) is -0.929. The Bertz CT molecular complexity index is 868. The molecule has 0 unspecified atom stereocenters. The topological polar surface area (TPSA) is 99.5 Å². The molecule has 0 atom stereocenters. The van der Waals surface area contributed by atoms with Crippen molar-refractivity contribution in [3.05, 3.63) is 59.7 Å². The molecule has 7 heteroatoms. The number of hydrogen-bond donors (Lipinski definition) is 1. The van der Waals surface area contributed by atoms with Crippen LogP contribution >= 0.6 is 0 Å². The van der Waals surface area contributed by atoms with Gasteiger partial charge in [-0.25, -0.2) is 4.79 Å². The molecule has 0 heterocycles. The molecule has 0 aromatic heterocycles. The van der Waals surface area contributed by atoms with Crippen molar-refractivity contribution < 1.29 is 19.1 Å². The molecule has 0 fully saturated rings. The summed E-state index contributed by atoms with van der Waals surface area (Å²) in [4.78, 5) is 37.0. The number of ether oxygens (including phenoxy) is 1. The fourth-order valence-corrected chi connectivity index (χ4v) is 2.43. The van der Waals surface area contributed by atoms with Crippen LogP contribution in [0.15, 0.2) is 48.5 Å². The van der Waals surface area contributed by atoms with E-state index in [4.69, 9.17) is 5.26 Å². The van der Waals surface area contributed by atoms with E-state index >= 15 is 0 Å². The maximum absolute atomic E-state index is 12.1. The van der Waals surface area contributed by atoms with Crippen molar-refractivity contribution >= 4 is 29.2 Å². The number of rotatable bonds is 6. The number of anilines is 2. The number of amides is 2. The maximum Gasteiger partial charge on any atom is 0.337 e. The average Bonchev–Trinajstić information content (AvgIpc) is 2.68. The molecule has 2 amide bonds. The molecule has 0 aliphatic heterocycles. The van der Waals surface area contributed by atoms with Crippen molar-refractivity contribution in [2.24, 2.45) is 0 Å². The largest absolute Gasteiger partial charge is 0.465 e. The molecule has 7 nitrogen and oxygen atoms in total. The van der Waals surface area contributed by atoms with E-state index in [1.165, 1.54) is 18.9 Å². The van der Waals surface area contributed by atoms with Crippen LogP contribution < -0.4 is 10.2 Å². The van der Waals surface area contributed by atoms with Crippen LogP contribution in [0.3, 0.4) is 0 Å². The lowest BCUT2D eigenvalue weighted by molar-refractivity contribution is -0.117. The van der Waals surface area contributed by atoms with Crippen molar-refractivity contribution in [2.45, 2.75) is 13.3 Å². The molecule has 27 heavy (non-hydrogen) atoms. The van der Waals surface area contributed by atoms with Crippen LogP contribution in [0.4, 0.5) is 11.4 Å². The number of methoxy groups -OCH3 is 1. The lowest BCUT2D eigenvalue weighted by atomic mass is 10.2. The molecule has 2 rings (SSSR count). The van der Waals surface area contributed by atoms with Crippen molar-refractivity contribution in [3.63, 3.8) is 0 Å². The van der Waals surface area contributed by atoms with Crippen molar-refractivity contribution in [2.75, 3.05) is 23.9 Å². The number of nitrogens with one attached hydrogen (secondary N) is 1. The monoisotopic (exact) mass is 365 g/mol. The number of carbonyl (C=O) groups excluding carboxylic acids is 3. The Labute approximate surface area is 157 Å². The van der Waals surface area contributed by atoms with Gasteiger partial charge in [0.1, 0.15) is 0 Å². The van der Waals surface area contributed by atoms with Crippen LogP contribution in [0.5, 0.6) is 0 Å². The first-order valence-electron chi connectivity index (χ1n) is 8.21. The van der Waals surface area contributed by atoms with Crippen LogP contribution in [-0.2, 0) is 14.3 Å². The maximum atomic E-state index is 12.1. The summed E-state index contributed by atoms with van der Waals surface area (Å²) >= 11 is 0. The Morgan fingerprint density at radius 1 is 1.07 bits per heavy atom. The Hall–Kier alpha value is -3.66. The SMILES string of the molecule is COC(=O)c1ccc(N(CCC(=O)Nc2ccc(C#N)cc2)C(C)=O)cc1. The summed E-state index contributed by atoms with van der Waals surface area (Å²) in [7, 11) is 1.30. The molecule has 0 aliphatic rings. The van der Waals surface area contributed by atoms with Gasteiger partial charge in [0.2, 0.25) is 11.8 Å². The molecule has 0 saturated heterocycles. The number of hydrogen-bond acceptors (Lipinski definition) is 5. The minimum absolute atomic E-state index is 0.0956. The van der Waals surface area contributed by atoms with Crippen LogP contribution in [-0.4, -0.2) is 31.4 Å². The van der Waals surface area contributed by atoms with Gasteiger partial charge >= 0.3 is 5.97 Å². The van der Waals surface area contributed by atoms with Crippen LogP contribution in [0, 0.1) is 11.3 Å². The number of carbonyl (C=O) groups is 3. The van der Waals surface area contributed by atoms with Gasteiger partial charge in [0.15, 0.2) is 0 Å². The van der Waals surface area contributed by atoms with Crippen LogP contribution in [0.2, 0.25) is 0 Å². The summed E-state index contributed by atoms with van der Waals surface area (Å²) < 4.78 is 4.64. The Kier molecular flexibility index (Phi) is 6.67. The normalized spacial score (nSPS) is 9.81. The minimum atomic E-state index is -0.460. The van der Waals surface area contributed by atoms with E-state index < -0.39 is 5.97 Å². The molecule has 0 radical (unpaired) electrons. The second-order valence-corrected chi connectivity index (χ2v) is 5.70. The first-order chi connectivity index (χ1) is 12.9. The number of nitriles is 1. The van der Waals surface area contributed by atoms with Gasteiger partial charge in [-0.3, -0.25) is 9.59 Å². The molecule has 2 aromatic carbocycles. The van der Waals surface area contributed by atoms with Gasteiger partial charge in [-0.05, 0) is 48.5 Å². The van der Waals surface area contributed by atoms with E-state index in [0.29, 0.717) is 22.5 Å². The average molecular weight is 365 g/mol. The van der Waals surface area contributed by atoms with E-state index in [2.05, 4.69) is 10.1 Å². The fraction of sp³-hybridized carbons (Fsp3) is 0.200. The highest BCUT2D eigenvalue weighted by molar-refractivity contribution is 5.95. The van der Waals surface area contributed by atoms with Gasteiger partial charge in [-0.1, -0.05) is 0 Å². The predicted molar refractivity (Wildman–Crippen MR) is 100 cm³/mol. The lowest BCUT2D eigenvalue weighted by Crippen LogP contribution is -2.32. The number of benzene rings is 2. The molecular formula is C20H19N3O4. The molecule has 0 saturated carbocycles. The first-order valence-corrected chi connectivity index (χ1v) is 8.21. The first kappa shape index (κ1) is 19.7. The molecule has 1 N–H and O–H groups in total. The molecule has 138 valence electrons. The van der Waals surface area contributed by atoms with Gasteiger partial charge < -0.3 is 15.0 Å². The summed E-state index contributed by atoms with van der Waals surface area (Å²) in [6.45, 7) is 1.60. The highest BCUT2D eigenvalue weighted by Gasteiger charge is 2.14. The second kappa shape index (κ2) is 9.15. The van der Waals surface area contributed by atoms with Crippen LogP contribution in [0.25, 0.3) is 0 Å². The lowest BCUT2D eigenvalue weighted by Gasteiger charge is -2.21. The summed E-state index contributed by atoms with van der Waals surface area (Å²) in [5, 5.41) is 11.5. The van der Waals surface area contributed by atoms with E-state index in [-0.39, 0.29) is 24.8 Å². The van der Waals surface area contributed by atoms with Crippen molar-refractivity contribution in [1.29, 1.82) is 5.26 Å². The molecule has 0 aliphatic carbocycles. The van der Waals surface area contributed by atoms with Crippen molar-refractivity contribution in [1.82, 2.24) is 0 Å². The summed E-state index contributed by atoms with van der Waals surface area (Å²) in [5.41, 5.74) is 2.05. The molecule has 2 aromatic rings. The zero-order chi connectivity index (χ0) is 19.8. The molecule has 0 bridgehead atoms. The zero-order valence-corrected chi connectivity index (χ0v) is 15.1. The fourth-order valence-electron chi connectivity index (χ4n) is 2.43. The van der Waals surface area contributed by atoms with Gasteiger partial charge in [-0.2, -0.15) is 5.26 Å². The van der Waals surface area contributed by atoms with Crippen molar-refractivity contribution in [3.8, 4) is 6.07 Å². The number of nitrogens with zero attached hydrogens (tertiary/aromatic N) is 2. The zero-order valence-electron chi connectivity index (χ0n) is 15.1. The molecular weight excluding hydrogens is 346 g/mol. The quantitative estimate of drug-likeness (QED) is 0.794. The number of esters is 1. The third-order valence-corrected chi connectivity index (χ3v) is 3.84. The van der Waals surface area contributed by atoms with E-state index in [1.807, 2.05) is 6.07 Å². The Balaban J connectivity index is 1.99. The standard InChI is InChI=1S/C20H19N3O4/c1-14(24)23(18-9-5-16(6-10-18)20(26)27-2)12-11-19(25)22-17-7-3-15(13-21)4-8-17/h3-10H,11-12H2,1-2H3,(H,22,25). The Morgan fingerprint density at radius 3 is 2.22 bits per heavy atom. The van der Waals surface area contributed by atoms with Crippen LogP contribution in [0.1, 0.15) is 29.3 Å². The minimum Gasteiger partial charge on any atom is -0.465 e. The third kappa shape index (κ3) is 5.41. The molecule has 0 spiro atoms. The van der Waals surface area contributed by atoms with E-state index in [0.717, 1.165) is 0 Å². The van der Waals surface area contributed by atoms with Gasteiger partial charge in [0, 0.05) is 31.3 Å². The highest BCUT2D eigenvalue weighted by atomic mass is 16.5.